The molecule has 0 bridgehead atoms. The Labute approximate surface area is 92.1 Å². The Kier molecular flexibility index (Phi) is 3.60. The Morgan fingerprint density at radius 2 is 2.06 bits per heavy atom. The number of aliphatic carboxylic acids is 1. The number of carboxylic acid groups (broad SMARTS) is 1. The molecule has 4 nitrogen and oxygen atoms in total. The van der Waals surface area contributed by atoms with Gasteiger partial charge in [-0.25, -0.2) is 9.18 Å². The Hall–Kier alpha value is -1.91. The standard InChI is InChI=1S/C11H12FNO3/c1-11(10(15)16,13-7-14)6-8-2-4-9(12)5-3-8/h2-5,7H,6H2,1H3,(H,13,14)(H,15,16). The molecule has 16 heavy (non-hydrogen) atoms. The summed E-state index contributed by atoms with van der Waals surface area (Å²) in [6.07, 6.45) is 0.443. The number of carboxylic acids is 1. The summed E-state index contributed by atoms with van der Waals surface area (Å²) in [5, 5.41) is 11.2. The van der Waals surface area contributed by atoms with Gasteiger partial charge in [-0.2, -0.15) is 0 Å². The van der Waals surface area contributed by atoms with Gasteiger partial charge in [-0.15, -0.1) is 0 Å². The maximum atomic E-state index is 12.6. The van der Waals surface area contributed by atoms with Crippen molar-refractivity contribution in [1.82, 2.24) is 5.32 Å². The summed E-state index contributed by atoms with van der Waals surface area (Å²) in [5.41, 5.74) is -0.736. The first-order valence-corrected chi connectivity index (χ1v) is 4.67. The molecule has 0 saturated heterocycles. The van der Waals surface area contributed by atoms with Crippen LogP contribution < -0.4 is 5.32 Å². The van der Waals surface area contributed by atoms with Crippen LogP contribution in [0.1, 0.15) is 12.5 Å². The van der Waals surface area contributed by atoms with Gasteiger partial charge in [0.1, 0.15) is 11.4 Å². The first kappa shape index (κ1) is 12.2. The molecule has 0 saturated carbocycles. The van der Waals surface area contributed by atoms with E-state index in [0.29, 0.717) is 12.0 Å². The SMILES string of the molecule is CC(Cc1ccc(F)cc1)(NC=O)C(=O)O. The van der Waals surface area contributed by atoms with Crippen molar-refractivity contribution in [2.75, 3.05) is 0 Å². The van der Waals surface area contributed by atoms with E-state index in [1.54, 1.807) is 0 Å². The highest BCUT2D eigenvalue weighted by atomic mass is 19.1. The summed E-state index contributed by atoms with van der Waals surface area (Å²) < 4.78 is 12.6. The zero-order valence-electron chi connectivity index (χ0n) is 8.74. The Balaban J connectivity index is 2.87. The predicted octanol–water partition coefficient (Wildman–Crippen LogP) is 0.958. The minimum atomic E-state index is -1.38. The molecule has 0 aromatic heterocycles. The Morgan fingerprint density at radius 1 is 1.50 bits per heavy atom. The third kappa shape index (κ3) is 2.79. The summed E-state index contributed by atoms with van der Waals surface area (Å²) >= 11 is 0. The molecule has 0 aliphatic carbocycles. The van der Waals surface area contributed by atoms with E-state index in [0.717, 1.165) is 0 Å². The lowest BCUT2D eigenvalue weighted by Crippen LogP contribution is -2.50. The van der Waals surface area contributed by atoms with E-state index in [1.165, 1.54) is 31.2 Å². The molecule has 0 aliphatic rings. The zero-order valence-corrected chi connectivity index (χ0v) is 8.74. The average Bonchev–Trinajstić information content (AvgIpc) is 2.22. The molecule has 1 amide bonds. The van der Waals surface area contributed by atoms with E-state index in [-0.39, 0.29) is 12.2 Å². The molecule has 1 aromatic carbocycles. The number of amides is 1. The van der Waals surface area contributed by atoms with E-state index in [2.05, 4.69) is 5.32 Å². The topological polar surface area (TPSA) is 66.4 Å². The normalized spacial score (nSPS) is 13.9. The first-order valence-electron chi connectivity index (χ1n) is 4.67. The van der Waals surface area contributed by atoms with Crippen molar-refractivity contribution in [3.05, 3.63) is 35.6 Å². The fraction of sp³-hybridized carbons (Fsp3) is 0.273. The molecule has 1 aromatic rings. The average molecular weight is 225 g/mol. The molecule has 0 heterocycles. The van der Waals surface area contributed by atoms with Crippen molar-refractivity contribution in [1.29, 1.82) is 0 Å². The zero-order chi connectivity index (χ0) is 12.2. The van der Waals surface area contributed by atoms with Gasteiger partial charge in [0, 0.05) is 6.42 Å². The number of rotatable bonds is 5. The van der Waals surface area contributed by atoms with Gasteiger partial charge in [0.25, 0.3) is 0 Å². The number of nitrogens with one attached hydrogen (secondary N) is 1. The minimum Gasteiger partial charge on any atom is -0.480 e. The van der Waals surface area contributed by atoms with Crippen LogP contribution in [-0.2, 0) is 16.0 Å². The molecule has 5 heteroatoms. The number of carbonyl (C=O) groups is 2. The lowest BCUT2D eigenvalue weighted by Gasteiger charge is -2.23. The maximum Gasteiger partial charge on any atom is 0.329 e. The summed E-state index contributed by atoms with van der Waals surface area (Å²) in [5.74, 6) is -1.52. The fourth-order valence-corrected chi connectivity index (χ4v) is 1.33. The van der Waals surface area contributed by atoms with Crippen LogP contribution >= 0.6 is 0 Å². The largest absolute Gasteiger partial charge is 0.480 e. The number of halogens is 1. The van der Waals surface area contributed by atoms with E-state index >= 15 is 0 Å². The molecule has 86 valence electrons. The highest BCUT2D eigenvalue weighted by Crippen LogP contribution is 2.13. The van der Waals surface area contributed by atoms with Crippen LogP contribution in [0.25, 0.3) is 0 Å². The van der Waals surface area contributed by atoms with E-state index < -0.39 is 11.5 Å². The molecule has 0 aliphatic heterocycles. The summed E-state index contributed by atoms with van der Waals surface area (Å²) in [6, 6.07) is 5.48. The third-order valence-corrected chi connectivity index (χ3v) is 2.32. The Morgan fingerprint density at radius 3 is 2.50 bits per heavy atom. The van der Waals surface area contributed by atoms with Crippen molar-refractivity contribution in [3.8, 4) is 0 Å². The Bertz CT molecular complexity index is 391. The van der Waals surface area contributed by atoms with Gasteiger partial charge in [0.2, 0.25) is 6.41 Å². The maximum absolute atomic E-state index is 12.6. The molecule has 2 N–H and O–H groups in total. The van der Waals surface area contributed by atoms with Gasteiger partial charge in [-0.1, -0.05) is 12.1 Å². The predicted molar refractivity (Wildman–Crippen MR) is 55.3 cm³/mol. The van der Waals surface area contributed by atoms with Gasteiger partial charge < -0.3 is 10.4 Å². The second-order valence-electron chi connectivity index (χ2n) is 3.70. The lowest BCUT2D eigenvalue weighted by atomic mass is 9.93. The molecule has 1 unspecified atom stereocenters. The summed E-state index contributed by atoms with van der Waals surface area (Å²) in [7, 11) is 0. The fourth-order valence-electron chi connectivity index (χ4n) is 1.33. The van der Waals surface area contributed by atoms with Crippen LogP contribution in [0.2, 0.25) is 0 Å². The van der Waals surface area contributed by atoms with Crippen LogP contribution in [0.4, 0.5) is 4.39 Å². The second-order valence-corrected chi connectivity index (χ2v) is 3.70. The van der Waals surface area contributed by atoms with Crippen LogP contribution in [0.3, 0.4) is 0 Å². The van der Waals surface area contributed by atoms with Crippen molar-refractivity contribution in [2.45, 2.75) is 18.9 Å². The lowest BCUT2D eigenvalue weighted by molar-refractivity contribution is -0.145. The molecular formula is C11H12FNO3. The number of hydrogen-bond donors (Lipinski definition) is 2. The van der Waals surface area contributed by atoms with Crippen LogP contribution in [-0.4, -0.2) is 23.0 Å². The van der Waals surface area contributed by atoms with Gasteiger partial charge in [-0.3, -0.25) is 4.79 Å². The van der Waals surface area contributed by atoms with Crippen molar-refractivity contribution < 1.29 is 19.1 Å². The highest BCUT2D eigenvalue weighted by Gasteiger charge is 2.32. The molecule has 0 fully saturated rings. The molecular weight excluding hydrogens is 213 g/mol. The molecule has 0 radical (unpaired) electrons. The number of benzene rings is 1. The molecule has 1 atom stereocenters. The van der Waals surface area contributed by atoms with Gasteiger partial charge in [-0.05, 0) is 24.6 Å². The number of hydrogen-bond acceptors (Lipinski definition) is 2. The smallest absolute Gasteiger partial charge is 0.329 e. The summed E-state index contributed by atoms with van der Waals surface area (Å²) in [6.45, 7) is 1.40. The van der Waals surface area contributed by atoms with Gasteiger partial charge >= 0.3 is 5.97 Å². The highest BCUT2D eigenvalue weighted by molar-refractivity contribution is 5.81. The monoisotopic (exact) mass is 225 g/mol. The van der Waals surface area contributed by atoms with Crippen LogP contribution in [0.15, 0.2) is 24.3 Å². The van der Waals surface area contributed by atoms with Crippen LogP contribution in [0, 0.1) is 5.82 Å². The molecule has 0 spiro atoms. The van der Waals surface area contributed by atoms with E-state index in [4.69, 9.17) is 5.11 Å². The van der Waals surface area contributed by atoms with Gasteiger partial charge in [0.05, 0.1) is 0 Å². The quantitative estimate of drug-likeness (QED) is 0.733. The second kappa shape index (κ2) is 4.74. The third-order valence-electron chi connectivity index (χ3n) is 2.32. The number of carbonyl (C=O) groups excluding carboxylic acids is 1. The summed E-state index contributed by atoms with van der Waals surface area (Å²) in [4.78, 5) is 21.3. The first-order chi connectivity index (χ1) is 7.48. The van der Waals surface area contributed by atoms with Crippen molar-refractivity contribution in [3.63, 3.8) is 0 Å². The van der Waals surface area contributed by atoms with Crippen molar-refractivity contribution >= 4 is 12.4 Å². The van der Waals surface area contributed by atoms with Crippen molar-refractivity contribution in [2.24, 2.45) is 0 Å². The van der Waals surface area contributed by atoms with E-state index in [1.807, 2.05) is 0 Å². The molecule has 1 rings (SSSR count). The minimum absolute atomic E-state index is 0.0986. The van der Waals surface area contributed by atoms with E-state index in [9.17, 15) is 14.0 Å². The van der Waals surface area contributed by atoms with Crippen LogP contribution in [0.5, 0.6) is 0 Å². The van der Waals surface area contributed by atoms with Gasteiger partial charge in [0.15, 0.2) is 0 Å².